The number of aromatic nitrogens is 4. The molecule has 224 valence electrons. The first-order valence-corrected chi connectivity index (χ1v) is 15.3. The van der Waals surface area contributed by atoms with Gasteiger partial charge in [-0.25, -0.2) is 4.98 Å². The lowest BCUT2D eigenvalue weighted by molar-refractivity contribution is 0.0700. The fourth-order valence-corrected chi connectivity index (χ4v) is 7.35. The van der Waals surface area contributed by atoms with Crippen LogP contribution in [0, 0.1) is 11.8 Å². The van der Waals surface area contributed by atoms with Crippen molar-refractivity contribution in [3.8, 4) is 28.4 Å². The number of imidazole rings is 1. The van der Waals surface area contributed by atoms with E-state index in [0.717, 1.165) is 64.0 Å². The fraction of sp³-hybridized carbons (Fsp3) is 0.353. The van der Waals surface area contributed by atoms with Crippen molar-refractivity contribution in [3.63, 3.8) is 0 Å². The molecule has 2 saturated carbocycles. The number of hydrogen-bond acceptors (Lipinski definition) is 6. The summed E-state index contributed by atoms with van der Waals surface area (Å²) in [6, 6.07) is 16.0. The molecule has 3 aromatic heterocycles. The Labute approximate surface area is 254 Å². The molecule has 2 bridgehead atoms. The summed E-state index contributed by atoms with van der Waals surface area (Å²) in [6.45, 7) is 1.61. The van der Waals surface area contributed by atoms with Gasteiger partial charge in [0.15, 0.2) is 5.82 Å². The smallest absolute Gasteiger partial charge is 0.267 e. The number of primary amides is 1. The number of aryl methyl sites for hydroxylation is 1. The van der Waals surface area contributed by atoms with Crippen LogP contribution in [0.2, 0.25) is 0 Å². The van der Waals surface area contributed by atoms with Crippen molar-refractivity contribution in [1.82, 2.24) is 24.0 Å². The number of pyridine rings is 1. The van der Waals surface area contributed by atoms with Gasteiger partial charge in [0.25, 0.3) is 11.8 Å². The number of amides is 2. The van der Waals surface area contributed by atoms with Crippen LogP contribution in [-0.4, -0.2) is 61.6 Å². The number of nitrogens with zero attached hydrogens (tertiary/aromatic N) is 5. The zero-order valence-corrected chi connectivity index (χ0v) is 24.9. The summed E-state index contributed by atoms with van der Waals surface area (Å²) < 4.78 is 10.3. The summed E-state index contributed by atoms with van der Waals surface area (Å²) in [5, 5.41) is 1.11. The van der Waals surface area contributed by atoms with Gasteiger partial charge in [0.05, 0.1) is 18.3 Å². The number of rotatable bonds is 7. The Kier molecular flexibility index (Phi) is 6.06. The zero-order chi connectivity index (χ0) is 30.3. The minimum absolute atomic E-state index is 0.00576. The molecular formula is C34H35N7O3. The van der Waals surface area contributed by atoms with Crippen LogP contribution in [0.5, 0.6) is 5.75 Å². The number of hydrogen-bond donors (Lipinski definition) is 2. The average Bonchev–Trinajstić information content (AvgIpc) is 3.44. The van der Waals surface area contributed by atoms with Gasteiger partial charge in [-0.05, 0) is 73.4 Å². The molecule has 0 spiro atoms. The number of ether oxygens (including phenoxy) is 1. The van der Waals surface area contributed by atoms with Crippen LogP contribution in [0.25, 0.3) is 44.6 Å². The largest absolute Gasteiger partial charge is 0.494 e. The predicted molar refractivity (Wildman–Crippen MR) is 168 cm³/mol. The summed E-state index contributed by atoms with van der Waals surface area (Å²) in [6.07, 6.45) is 6.17. The van der Waals surface area contributed by atoms with Gasteiger partial charge in [0, 0.05) is 60.4 Å². The van der Waals surface area contributed by atoms with E-state index >= 15 is 0 Å². The zero-order valence-electron chi connectivity index (χ0n) is 24.9. The Balaban J connectivity index is 1.22. The lowest BCUT2D eigenvalue weighted by Gasteiger charge is -2.27. The van der Waals surface area contributed by atoms with Gasteiger partial charge in [0.2, 0.25) is 0 Å². The highest BCUT2D eigenvalue weighted by atomic mass is 16.5. The van der Waals surface area contributed by atoms with E-state index in [-0.39, 0.29) is 23.7 Å². The molecule has 2 amide bonds. The second-order valence-corrected chi connectivity index (χ2v) is 12.6. The second kappa shape index (κ2) is 9.92. The third-order valence-electron chi connectivity index (χ3n) is 9.94. The first kappa shape index (κ1) is 26.9. The molecule has 10 heteroatoms. The van der Waals surface area contributed by atoms with Crippen molar-refractivity contribution in [2.24, 2.45) is 30.4 Å². The van der Waals surface area contributed by atoms with Gasteiger partial charge in [-0.1, -0.05) is 18.2 Å². The van der Waals surface area contributed by atoms with Crippen molar-refractivity contribution in [2.45, 2.75) is 44.3 Å². The number of fused-ring (bicyclic) bond motifs is 4. The van der Waals surface area contributed by atoms with E-state index < -0.39 is 5.91 Å². The topological polar surface area (TPSA) is 134 Å². The van der Waals surface area contributed by atoms with Gasteiger partial charge in [0.1, 0.15) is 17.0 Å². The predicted octanol–water partition coefficient (Wildman–Crippen LogP) is 4.34. The Bertz CT molecular complexity index is 1970. The van der Waals surface area contributed by atoms with Gasteiger partial charge >= 0.3 is 0 Å². The minimum atomic E-state index is -0.544. The van der Waals surface area contributed by atoms with E-state index in [1.54, 1.807) is 19.4 Å². The molecule has 2 aliphatic carbocycles. The molecule has 10 nitrogen and oxygen atoms in total. The Morgan fingerprint density at radius 3 is 2.50 bits per heavy atom. The highest BCUT2D eigenvalue weighted by Gasteiger charge is 2.47. The molecular weight excluding hydrogens is 554 g/mol. The van der Waals surface area contributed by atoms with E-state index in [0.29, 0.717) is 29.7 Å². The monoisotopic (exact) mass is 589 g/mol. The van der Waals surface area contributed by atoms with E-state index in [1.165, 1.54) is 12.8 Å². The van der Waals surface area contributed by atoms with Crippen molar-refractivity contribution >= 4 is 33.8 Å². The molecule has 8 rings (SSSR count). The SMILES string of the molecule is COc1cc(C(=O)N2CC3CCC2[C@@H]3N)cc2nc(-c3cc4ccc(-c5ccc(C(N)=O)nc5)cc4n3CC3CC3)n(C)c12. The van der Waals surface area contributed by atoms with Crippen molar-refractivity contribution in [1.29, 1.82) is 0 Å². The first-order valence-electron chi connectivity index (χ1n) is 15.3. The number of likely N-dealkylation sites (tertiary alicyclic amines) is 1. The quantitative estimate of drug-likeness (QED) is 0.290. The van der Waals surface area contributed by atoms with Crippen molar-refractivity contribution < 1.29 is 14.3 Å². The molecule has 5 aromatic rings. The summed E-state index contributed by atoms with van der Waals surface area (Å²) in [5.41, 5.74) is 18.2. The normalized spacial score (nSPS) is 21.1. The van der Waals surface area contributed by atoms with E-state index in [1.807, 2.05) is 30.1 Å². The van der Waals surface area contributed by atoms with Crippen molar-refractivity contribution in [2.75, 3.05) is 13.7 Å². The Morgan fingerprint density at radius 1 is 1.02 bits per heavy atom. The minimum Gasteiger partial charge on any atom is -0.494 e. The molecule has 4 N–H and O–H groups in total. The Hall–Kier alpha value is -4.70. The molecule has 44 heavy (non-hydrogen) atoms. The molecule has 3 atom stereocenters. The van der Waals surface area contributed by atoms with Crippen LogP contribution in [0.4, 0.5) is 0 Å². The molecule has 3 aliphatic rings. The van der Waals surface area contributed by atoms with Crippen LogP contribution in [0.15, 0.2) is 54.7 Å². The standard InChI is InChI=1S/C34H35N7O3/c1-39-31-25(11-23(14-29(31)44-2)34(43)41-17-22-8-10-26(41)30(22)35)38-33(39)28-13-20-6-5-19(12-27(20)40(28)16-18-3-4-18)21-7-9-24(32(36)42)37-15-21/h5-7,9,11-15,18,22,26,30H,3-4,8,10,16-17,35H2,1-2H3,(H2,36,42)/t22?,26?,30-/m1/s1. The molecule has 0 radical (unpaired) electrons. The van der Waals surface area contributed by atoms with E-state index in [4.69, 9.17) is 21.2 Å². The third-order valence-corrected chi connectivity index (χ3v) is 9.94. The molecule has 4 heterocycles. The highest BCUT2D eigenvalue weighted by molar-refractivity contribution is 6.01. The maximum atomic E-state index is 13.7. The molecule has 1 aliphatic heterocycles. The number of methoxy groups -OCH3 is 1. The van der Waals surface area contributed by atoms with Crippen LogP contribution in [0.1, 0.15) is 46.5 Å². The van der Waals surface area contributed by atoms with Crippen LogP contribution in [0.3, 0.4) is 0 Å². The maximum Gasteiger partial charge on any atom is 0.267 e. The fourth-order valence-electron chi connectivity index (χ4n) is 7.35. The number of benzene rings is 2. The van der Waals surface area contributed by atoms with Gasteiger partial charge in [-0.2, -0.15) is 0 Å². The number of carbonyl (C=O) groups excluding carboxylic acids is 2. The van der Waals surface area contributed by atoms with Crippen LogP contribution in [-0.2, 0) is 13.6 Å². The molecule has 2 aromatic carbocycles. The van der Waals surface area contributed by atoms with E-state index in [9.17, 15) is 9.59 Å². The Morgan fingerprint density at radius 2 is 1.84 bits per heavy atom. The van der Waals surface area contributed by atoms with Gasteiger partial charge in [-0.3, -0.25) is 14.6 Å². The number of nitrogens with two attached hydrogens (primary N) is 2. The number of carbonyl (C=O) groups is 2. The van der Waals surface area contributed by atoms with Crippen LogP contribution >= 0.6 is 0 Å². The second-order valence-electron chi connectivity index (χ2n) is 12.6. The van der Waals surface area contributed by atoms with Crippen LogP contribution < -0.4 is 16.2 Å². The summed E-state index contributed by atoms with van der Waals surface area (Å²) in [5.74, 6) is 1.90. The summed E-state index contributed by atoms with van der Waals surface area (Å²) in [4.78, 5) is 36.5. The lowest BCUT2D eigenvalue weighted by atomic mass is 10.1. The molecule has 2 unspecified atom stereocenters. The maximum absolute atomic E-state index is 13.7. The average molecular weight is 590 g/mol. The van der Waals surface area contributed by atoms with Gasteiger partial charge in [-0.15, -0.1) is 0 Å². The summed E-state index contributed by atoms with van der Waals surface area (Å²) in [7, 11) is 3.64. The molecule has 1 saturated heterocycles. The number of piperidine rings is 1. The van der Waals surface area contributed by atoms with Crippen molar-refractivity contribution in [3.05, 3.63) is 66.0 Å². The lowest BCUT2D eigenvalue weighted by Crippen LogP contribution is -2.41. The highest BCUT2D eigenvalue weighted by Crippen LogP contribution is 2.40. The first-order chi connectivity index (χ1) is 21.3. The summed E-state index contributed by atoms with van der Waals surface area (Å²) >= 11 is 0. The molecule has 3 fully saturated rings. The van der Waals surface area contributed by atoms with Gasteiger partial charge < -0.3 is 30.2 Å². The third kappa shape index (κ3) is 4.19. The van der Waals surface area contributed by atoms with E-state index in [2.05, 4.69) is 38.4 Å².